The van der Waals surface area contributed by atoms with Gasteiger partial charge in [0.15, 0.2) is 6.61 Å². The molecule has 0 fully saturated rings. The highest BCUT2D eigenvalue weighted by atomic mass is 19.4. The van der Waals surface area contributed by atoms with Gasteiger partial charge in [0.2, 0.25) is 0 Å². The second-order valence-corrected chi connectivity index (χ2v) is 3.93. The number of halogens is 3. The summed E-state index contributed by atoms with van der Waals surface area (Å²) >= 11 is 0. The Morgan fingerprint density at radius 1 is 1.25 bits per heavy atom. The highest BCUT2D eigenvalue weighted by molar-refractivity contribution is 5.27. The third-order valence-electron chi connectivity index (χ3n) is 2.31. The summed E-state index contributed by atoms with van der Waals surface area (Å²) in [6.07, 6.45) is -2.94. The maximum absolute atomic E-state index is 12.0. The van der Waals surface area contributed by atoms with Crippen molar-refractivity contribution in [3.05, 3.63) is 42.0 Å². The van der Waals surface area contributed by atoms with Crippen LogP contribution in [0.5, 0.6) is 5.75 Å². The van der Waals surface area contributed by atoms with Gasteiger partial charge >= 0.3 is 6.18 Å². The lowest BCUT2D eigenvalue weighted by atomic mass is 10.2. The zero-order valence-electron chi connectivity index (χ0n) is 10.1. The van der Waals surface area contributed by atoms with E-state index in [0.29, 0.717) is 6.54 Å². The van der Waals surface area contributed by atoms with Crippen LogP contribution in [0.15, 0.2) is 30.6 Å². The van der Waals surface area contributed by atoms with Crippen LogP contribution in [-0.2, 0) is 6.54 Å². The summed E-state index contributed by atoms with van der Waals surface area (Å²) in [6.45, 7) is -0.949. The number of nitriles is 1. The number of hydrogen-bond donors (Lipinski definition) is 0. The second kappa shape index (κ2) is 5.61. The molecule has 0 bridgehead atoms. The molecule has 0 N–H and O–H groups in total. The van der Waals surface area contributed by atoms with E-state index in [2.05, 4.69) is 14.8 Å². The van der Waals surface area contributed by atoms with E-state index in [0.717, 1.165) is 5.56 Å². The summed E-state index contributed by atoms with van der Waals surface area (Å²) in [5.74, 6) is 0.206. The average Bonchev–Trinajstić information content (AvgIpc) is 2.85. The first-order chi connectivity index (χ1) is 9.46. The van der Waals surface area contributed by atoms with Crippen LogP contribution in [0, 0.1) is 11.3 Å². The fourth-order valence-corrected chi connectivity index (χ4v) is 1.47. The molecule has 2 aromatic rings. The van der Waals surface area contributed by atoms with Crippen LogP contribution in [-0.4, -0.2) is 27.5 Å². The maximum Gasteiger partial charge on any atom is 0.422 e. The molecule has 2 rings (SSSR count). The van der Waals surface area contributed by atoms with Gasteiger partial charge in [0, 0.05) is 0 Å². The first-order valence-electron chi connectivity index (χ1n) is 5.54. The number of aromatic nitrogens is 3. The number of hydrogen-bond acceptors (Lipinski definition) is 4. The van der Waals surface area contributed by atoms with Crippen LogP contribution in [0.3, 0.4) is 0 Å². The Morgan fingerprint density at radius 3 is 2.50 bits per heavy atom. The molecule has 0 unspecified atom stereocenters. The van der Waals surface area contributed by atoms with Crippen LogP contribution in [0.1, 0.15) is 11.4 Å². The van der Waals surface area contributed by atoms with Gasteiger partial charge in [-0.05, 0) is 17.7 Å². The van der Waals surface area contributed by atoms with Crippen molar-refractivity contribution in [3.63, 3.8) is 0 Å². The fraction of sp³-hybridized carbons (Fsp3) is 0.250. The number of ether oxygens (including phenoxy) is 1. The van der Waals surface area contributed by atoms with E-state index in [1.54, 1.807) is 18.2 Å². The topological polar surface area (TPSA) is 63.7 Å². The molecule has 1 heterocycles. The van der Waals surface area contributed by atoms with Gasteiger partial charge in [-0.1, -0.05) is 12.1 Å². The highest BCUT2D eigenvalue weighted by Gasteiger charge is 2.28. The Balaban J connectivity index is 1.96. The van der Waals surface area contributed by atoms with Crippen molar-refractivity contribution < 1.29 is 17.9 Å². The number of alkyl halides is 3. The van der Waals surface area contributed by atoms with Crippen molar-refractivity contribution in [1.82, 2.24) is 14.8 Å². The summed E-state index contributed by atoms with van der Waals surface area (Å²) in [6, 6.07) is 7.95. The van der Waals surface area contributed by atoms with Crippen LogP contribution in [0.2, 0.25) is 0 Å². The number of benzene rings is 1. The van der Waals surface area contributed by atoms with Crippen molar-refractivity contribution in [2.45, 2.75) is 12.7 Å². The number of nitrogens with zero attached hydrogens (tertiary/aromatic N) is 4. The molecule has 0 saturated heterocycles. The highest BCUT2D eigenvalue weighted by Crippen LogP contribution is 2.19. The summed E-state index contributed by atoms with van der Waals surface area (Å²) < 4.78 is 42.0. The average molecular weight is 282 g/mol. The predicted octanol–water partition coefficient (Wildman–Crippen LogP) is 2.14. The molecule has 1 aromatic carbocycles. The molecule has 0 spiro atoms. The molecular formula is C12H9F3N4O. The predicted molar refractivity (Wildman–Crippen MR) is 61.8 cm³/mol. The molecule has 0 aliphatic carbocycles. The van der Waals surface area contributed by atoms with Gasteiger partial charge in [0.05, 0.1) is 6.54 Å². The third kappa shape index (κ3) is 3.98. The van der Waals surface area contributed by atoms with Crippen molar-refractivity contribution >= 4 is 0 Å². The molecule has 20 heavy (non-hydrogen) atoms. The molecule has 0 aliphatic rings. The fourth-order valence-electron chi connectivity index (χ4n) is 1.47. The molecule has 0 amide bonds. The standard InChI is InChI=1S/C12H9F3N4O/c13-12(14,15)7-20-10-3-1-9(2-4-10)6-19-8-17-11(5-16)18-19/h1-4,8H,6-7H2. The smallest absolute Gasteiger partial charge is 0.422 e. The monoisotopic (exact) mass is 282 g/mol. The summed E-state index contributed by atoms with van der Waals surface area (Å²) in [5, 5.41) is 12.5. The molecule has 0 aliphatic heterocycles. The van der Waals surface area contributed by atoms with Crippen LogP contribution in [0.25, 0.3) is 0 Å². The van der Waals surface area contributed by atoms with Crippen molar-refractivity contribution in [2.24, 2.45) is 0 Å². The van der Waals surface area contributed by atoms with Gasteiger partial charge < -0.3 is 4.74 Å². The number of rotatable bonds is 4. The lowest BCUT2D eigenvalue weighted by molar-refractivity contribution is -0.153. The molecule has 0 atom stereocenters. The summed E-state index contributed by atoms with van der Waals surface area (Å²) in [4.78, 5) is 3.75. The Kier molecular flexibility index (Phi) is 3.89. The van der Waals surface area contributed by atoms with Gasteiger partial charge in [-0.25, -0.2) is 9.67 Å². The summed E-state index contributed by atoms with van der Waals surface area (Å²) in [5.41, 5.74) is 0.804. The summed E-state index contributed by atoms with van der Waals surface area (Å²) in [7, 11) is 0. The molecule has 0 saturated carbocycles. The lowest BCUT2D eigenvalue weighted by Crippen LogP contribution is -2.19. The van der Waals surface area contributed by atoms with E-state index in [1.807, 2.05) is 0 Å². The quantitative estimate of drug-likeness (QED) is 0.861. The minimum absolute atomic E-state index is 0.0649. The van der Waals surface area contributed by atoms with E-state index in [4.69, 9.17) is 5.26 Å². The first-order valence-corrected chi connectivity index (χ1v) is 5.54. The van der Waals surface area contributed by atoms with Gasteiger partial charge in [-0.15, -0.1) is 5.10 Å². The van der Waals surface area contributed by atoms with E-state index < -0.39 is 12.8 Å². The van der Waals surface area contributed by atoms with Gasteiger partial charge in [0.25, 0.3) is 5.82 Å². The Labute approximate surface area is 112 Å². The molecule has 104 valence electrons. The molecule has 8 heteroatoms. The van der Waals surface area contributed by atoms with Crippen molar-refractivity contribution in [1.29, 1.82) is 5.26 Å². The minimum atomic E-state index is -4.35. The maximum atomic E-state index is 12.0. The van der Waals surface area contributed by atoms with Crippen LogP contribution < -0.4 is 4.74 Å². The molecule has 0 radical (unpaired) electrons. The van der Waals surface area contributed by atoms with Crippen LogP contribution >= 0.6 is 0 Å². The second-order valence-electron chi connectivity index (χ2n) is 3.93. The third-order valence-corrected chi connectivity index (χ3v) is 2.31. The Hall–Kier alpha value is -2.56. The molecular weight excluding hydrogens is 273 g/mol. The minimum Gasteiger partial charge on any atom is -0.484 e. The Morgan fingerprint density at radius 2 is 1.95 bits per heavy atom. The van der Waals surface area contributed by atoms with Gasteiger partial charge in [-0.2, -0.15) is 18.4 Å². The zero-order valence-corrected chi connectivity index (χ0v) is 10.1. The van der Waals surface area contributed by atoms with E-state index in [1.165, 1.54) is 23.1 Å². The van der Waals surface area contributed by atoms with Crippen LogP contribution in [0.4, 0.5) is 13.2 Å². The van der Waals surface area contributed by atoms with Gasteiger partial charge in [-0.3, -0.25) is 0 Å². The SMILES string of the molecule is N#Cc1ncn(Cc2ccc(OCC(F)(F)F)cc2)n1. The molecule has 5 nitrogen and oxygen atoms in total. The largest absolute Gasteiger partial charge is 0.484 e. The van der Waals surface area contributed by atoms with E-state index >= 15 is 0 Å². The normalized spacial score (nSPS) is 11.1. The van der Waals surface area contributed by atoms with Gasteiger partial charge in [0.1, 0.15) is 18.1 Å². The van der Waals surface area contributed by atoms with Crippen molar-refractivity contribution in [3.8, 4) is 11.8 Å². The van der Waals surface area contributed by atoms with E-state index in [-0.39, 0.29) is 11.6 Å². The molecule has 1 aromatic heterocycles. The Bertz CT molecular complexity index is 613. The zero-order chi connectivity index (χ0) is 14.6. The van der Waals surface area contributed by atoms with E-state index in [9.17, 15) is 13.2 Å². The first kappa shape index (κ1) is 13.9. The van der Waals surface area contributed by atoms with Crippen molar-refractivity contribution in [2.75, 3.05) is 6.61 Å². The lowest BCUT2D eigenvalue weighted by Gasteiger charge is -2.09.